The third-order valence-electron chi connectivity index (χ3n) is 4.80. The topological polar surface area (TPSA) is 88.3 Å². The largest absolute Gasteiger partial charge is 0.355 e. The van der Waals surface area contributed by atoms with E-state index in [2.05, 4.69) is 15.5 Å². The molecule has 1 aromatic heterocycles. The second kappa shape index (κ2) is 7.10. The van der Waals surface area contributed by atoms with E-state index >= 15 is 0 Å². The lowest BCUT2D eigenvalue weighted by Gasteiger charge is -2.13. The first-order chi connectivity index (χ1) is 11.2. The Labute approximate surface area is 135 Å². The lowest BCUT2D eigenvalue weighted by atomic mass is 10.1. The fraction of sp³-hybridized carbons (Fsp3) is 0.750. The summed E-state index contributed by atoms with van der Waals surface area (Å²) in [5.74, 6) is 1.56. The summed E-state index contributed by atoms with van der Waals surface area (Å²) in [6.45, 7) is 3.58. The molecule has 0 radical (unpaired) electrons. The Morgan fingerprint density at radius 2 is 2.17 bits per heavy atom. The van der Waals surface area contributed by atoms with Crippen LogP contribution in [-0.4, -0.2) is 46.5 Å². The lowest BCUT2D eigenvalue weighted by molar-refractivity contribution is -0.128. The molecule has 1 saturated carbocycles. The molecule has 7 nitrogen and oxygen atoms in total. The molecule has 2 aliphatic rings. The number of hydrogen-bond acceptors (Lipinski definition) is 5. The van der Waals surface area contributed by atoms with Crippen molar-refractivity contribution < 1.29 is 14.1 Å². The highest BCUT2D eigenvalue weighted by Gasteiger charge is 2.33. The zero-order valence-corrected chi connectivity index (χ0v) is 13.6. The van der Waals surface area contributed by atoms with E-state index in [0.29, 0.717) is 44.2 Å². The number of rotatable bonds is 6. The Hall–Kier alpha value is -1.92. The van der Waals surface area contributed by atoms with Gasteiger partial charge >= 0.3 is 0 Å². The summed E-state index contributed by atoms with van der Waals surface area (Å²) < 4.78 is 5.32. The first kappa shape index (κ1) is 16.0. The Morgan fingerprint density at radius 1 is 1.39 bits per heavy atom. The average Bonchev–Trinajstić information content (AvgIpc) is 3.27. The molecule has 1 N–H and O–H groups in total. The van der Waals surface area contributed by atoms with Crippen LogP contribution in [0.4, 0.5) is 0 Å². The molecule has 1 atom stereocenters. The van der Waals surface area contributed by atoms with Crippen molar-refractivity contribution in [3.05, 3.63) is 11.7 Å². The van der Waals surface area contributed by atoms with E-state index in [0.717, 1.165) is 18.7 Å². The van der Waals surface area contributed by atoms with Gasteiger partial charge in [-0.2, -0.15) is 4.98 Å². The van der Waals surface area contributed by atoms with Crippen molar-refractivity contribution in [1.29, 1.82) is 0 Å². The summed E-state index contributed by atoms with van der Waals surface area (Å²) in [6.07, 6.45) is 5.58. The van der Waals surface area contributed by atoms with Crippen LogP contribution in [0.3, 0.4) is 0 Å². The number of aromatic nitrogens is 2. The van der Waals surface area contributed by atoms with Crippen molar-refractivity contribution in [3.8, 4) is 0 Å². The average molecular weight is 320 g/mol. The molecule has 1 aliphatic carbocycles. The van der Waals surface area contributed by atoms with Gasteiger partial charge < -0.3 is 14.7 Å². The minimum absolute atomic E-state index is 0.0613. The van der Waals surface area contributed by atoms with Crippen LogP contribution in [0.25, 0.3) is 0 Å². The molecule has 1 aliphatic heterocycles. The van der Waals surface area contributed by atoms with E-state index in [4.69, 9.17) is 4.52 Å². The number of carbonyl (C=O) groups excluding carboxylic acids is 2. The molecule has 1 saturated heterocycles. The van der Waals surface area contributed by atoms with Gasteiger partial charge in [0.05, 0.1) is 5.92 Å². The minimum atomic E-state index is -0.234. The highest BCUT2D eigenvalue weighted by molar-refractivity contribution is 5.89. The highest BCUT2D eigenvalue weighted by Crippen LogP contribution is 2.32. The molecule has 23 heavy (non-hydrogen) atoms. The molecular weight excluding hydrogens is 296 g/mol. The molecule has 7 heteroatoms. The van der Waals surface area contributed by atoms with E-state index in [1.807, 2.05) is 6.92 Å². The zero-order valence-electron chi connectivity index (χ0n) is 13.6. The molecule has 2 amide bonds. The van der Waals surface area contributed by atoms with E-state index in [-0.39, 0.29) is 17.7 Å². The van der Waals surface area contributed by atoms with Crippen molar-refractivity contribution in [2.24, 2.45) is 5.92 Å². The summed E-state index contributed by atoms with van der Waals surface area (Å²) in [4.78, 5) is 29.9. The molecule has 126 valence electrons. The van der Waals surface area contributed by atoms with Gasteiger partial charge in [0.25, 0.3) is 0 Å². The van der Waals surface area contributed by atoms with Crippen LogP contribution in [0.15, 0.2) is 4.52 Å². The van der Waals surface area contributed by atoms with E-state index in [1.54, 1.807) is 4.90 Å². The molecule has 0 spiro atoms. The van der Waals surface area contributed by atoms with Crippen molar-refractivity contribution in [2.75, 3.05) is 19.6 Å². The van der Waals surface area contributed by atoms with Crippen LogP contribution < -0.4 is 5.32 Å². The quantitative estimate of drug-likeness (QED) is 0.852. The monoisotopic (exact) mass is 320 g/mol. The van der Waals surface area contributed by atoms with Gasteiger partial charge in [0.15, 0.2) is 5.82 Å². The predicted octanol–water partition coefficient (Wildman–Crippen LogP) is 1.25. The van der Waals surface area contributed by atoms with Crippen LogP contribution in [0.1, 0.15) is 56.7 Å². The third kappa shape index (κ3) is 3.71. The maximum absolute atomic E-state index is 12.1. The van der Waals surface area contributed by atoms with Crippen LogP contribution in [0.5, 0.6) is 0 Å². The smallest absolute Gasteiger partial charge is 0.229 e. The van der Waals surface area contributed by atoms with Gasteiger partial charge in [0.1, 0.15) is 0 Å². The SMILES string of the molecule is CCN1C[C@@H](C(=O)NCCc2noc(C3CCCC3)n2)CC1=O. The number of amides is 2. The highest BCUT2D eigenvalue weighted by atomic mass is 16.5. The van der Waals surface area contributed by atoms with Gasteiger partial charge in [-0.1, -0.05) is 18.0 Å². The molecule has 0 aromatic carbocycles. The fourth-order valence-corrected chi connectivity index (χ4v) is 3.40. The fourth-order valence-electron chi connectivity index (χ4n) is 3.40. The normalized spacial score (nSPS) is 22.0. The van der Waals surface area contributed by atoms with Crippen LogP contribution >= 0.6 is 0 Å². The first-order valence-corrected chi connectivity index (χ1v) is 8.55. The maximum atomic E-state index is 12.1. The Kier molecular flexibility index (Phi) is 4.93. The van der Waals surface area contributed by atoms with E-state index in [9.17, 15) is 9.59 Å². The van der Waals surface area contributed by atoms with Gasteiger partial charge in [0.2, 0.25) is 17.7 Å². The zero-order chi connectivity index (χ0) is 16.2. The number of carbonyl (C=O) groups is 2. The number of likely N-dealkylation sites (tertiary alicyclic amines) is 1. The Bertz CT molecular complexity index is 565. The van der Waals surface area contributed by atoms with Gasteiger partial charge in [-0.15, -0.1) is 0 Å². The summed E-state index contributed by atoms with van der Waals surface area (Å²) in [5.41, 5.74) is 0. The number of nitrogens with one attached hydrogen (secondary N) is 1. The Balaban J connectivity index is 1.42. The van der Waals surface area contributed by atoms with Gasteiger partial charge in [0, 0.05) is 38.4 Å². The predicted molar refractivity (Wildman–Crippen MR) is 82.6 cm³/mol. The van der Waals surface area contributed by atoms with E-state index < -0.39 is 0 Å². The standard InChI is InChI=1S/C16H24N4O3/c1-2-20-10-12(9-14(20)21)15(22)17-8-7-13-18-16(23-19-13)11-5-3-4-6-11/h11-12H,2-10H2,1H3,(H,17,22)/t12-/m0/s1. The van der Waals surface area contributed by atoms with Gasteiger partial charge in [-0.05, 0) is 19.8 Å². The molecule has 0 unspecified atom stereocenters. The van der Waals surface area contributed by atoms with Gasteiger partial charge in [-0.3, -0.25) is 9.59 Å². The van der Waals surface area contributed by atoms with Crippen molar-refractivity contribution >= 4 is 11.8 Å². The summed E-state index contributed by atoms with van der Waals surface area (Å²) in [7, 11) is 0. The molecular formula is C16H24N4O3. The van der Waals surface area contributed by atoms with Crippen molar-refractivity contribution in [2.45, 2.75) is 51.4 Å². The van der Waals surface area contributed by atoms with Crippen molar-refractivity contribution in [1.82, 2.24) is 20.4 Å². The molecule has 0 bridgehead atoms. The summed E-state index contributed by atoms with van der Waals surface area (Å²) in [5, 5.41) is 6.87. The van der Waals surface area contributed by atoms with Crippen molar-refractivity contribution in [3.63, 3.8) is 0 Å². The number of nitrogens with zero attached hydrogens (tertiary/aromatic N) is 3. The number of hydrogen-bond donors (Lipinski definition) is 1. The third-order valence-corrected chi connectivity index (χ3v) is 4.80. The molecule has 2 heterocycles. The second-order valence-electron chi connectivity index (χ2n) is 6.40. The van der Waals surface area contributed by atoms with Crippen LogP contribution in [0, 0.1) is 5.92 Å². The minimum Gasteiger partial charge on any atom is -0.355 e. The van der Waals surface area contributed by atoms with E-state index in [1.165, 1.54) is 12.8 Å². The summed E-state index contributed by atoms with van der Waals surface area (Å²) in [6, 6.07) is 0. The molecule has 2 fully saturated rings. The lowest BCUT2D eigenvalue weighted by Crippen LogP contribution is -2.34. The van der Waals surface area contributed by atoms with Crippen LogP contribution in [0.2, 0.25) is 0 Å². The van der Waals surface area contributed by atoms with Crippen LogP contribution in [-0.2, 0) is 16.0 Å². The maximum Gasteiger partial charge on any atom is 0.229 e. The molecule has 3 rings (SSSR count). The Morgan fingerprint density at radius 3 is 2.87 bits per heavy atom. The second-order valence-corrected chi connectivity index (χ2v) is 6.40. The first-order valence-electron chi connectivity index (χ1n) is 8.55. The summed E-state index contributed by atoms with van der Waals surface area (Å²) >= 11 is 0. The van der Waals surface area contributed by atoms with Gasteiger partial charge in [-0.25, -0.2) is 0 Å². The molecule has 1 aromatic rings.